The molecule has 1 atom stereocenters. The average molecular weight is 359 g/mol. The van der Waals surface area contributed by atoms with Crippen LogP contribution in [0, 0.1) is 6.92 Å². The lowest BCUT2D eigenvalue weighted by Crippen LogP contribution is -2.33. The van der Waals surface area contributed by atoms with Gasteiger partial charge in [0.1, 0.15) is 12.4 Å². The van der Waals surface area contributed by atoms with Crippen LogP contribution >= 0.6 is 0 Å². The third-order valence-corrected chi connectivity index (χ3v) is 3.99. The molecule has 0 bridgehead atoms. The number of benzene rings is 1. The van der Waals surface area contributed by atoms with Crippen LogP contribution in [0.3, 0.4) is 0 Å². The van der Waals surface area contributed by atoms with E-state index in [0.29, 0.717) is 16.8 Å². The van der Waals surface area contributed by atoms with Gasteiger partial charge in [0.15, 0.2) is 0 Å². The zero-order chi connectivity index (χ0) is 18.9. The van der Waals surface area contributed by atoms with Crippen LogP contribution in [-0.4, -0.2) is 32.2 Å². The van der Waals surface area contributed by atoms with Crippen LogP contribution < -0.4 is 5.32 Å². The number of rotatable bonds is 4. The number of nitrogens with one attached hydrogen (secondary N) is 1. The van der Waals surface area contributed by atoms with Gasteiger partial charge in [-0.15, -0.1) is 0 Å². The fourth-order valence-corrected chi connectivity index (χ4v) is 2.44. The number of anilines is 1. The number of hydrogen-bond acceptors (Lipinski definition) is 5. The summed E-state index contributed by atoms with van der Waals surface area (Å²) in [5, 5.41) is 3.12. The first-order valence-corrected chi connectivity index (χ1v) is 7.82. The molecular weight excluding hydrogens is 343 g/mol. The van der Waals surface area contributed by atoms with Crippen molar-refractivity contribution in [1.82, 2.24) is 19.9 Å². The number of aryl methyl sites for hydroxylation is 1. The van der Waals surface area contributed by atoms with Crippen molar-refractivity contribution in [3.8, 4) is 0 Å². The molecule has 5 nitrogen and oxygen atoms in total. The lowest BCUT2D eigenvalue weighted by Gasteiger charge is -2.18. The molecule has 0 radical (unpaired) electrons. The van der Waals surface area contributed by atoms with E-state index in [1.165, 1.54) is 12.5 Å². The highest BCUT2D eigenvalue weighted by molar-refractivity contribution is 5.86. The Bertz CT molecular complexity index is 968. The minimum atomic E-state index is -4.37. The van der Waals surface area contributed by atoms with E-state index in [1.54, 1.807) is 13.1 Å². The van der Waals surface area contributed by atoms with Crippen molar-refractivity contribution in [2.75, 3.05) is 5.32 Å². The topological polar surface area (TPSA) is 63.6 Å². The van der Waals surface area contributed by atoms with Gasteiger partial charge < -0.3 is 5.32 Å². The lowest BCUT2D eigenvalue weighted by atomic mass is 9.98. The molecule has 3 rings (SSSR count). The molecule has 0 aliphatic heterocycles. The number of halogens is 3. The van der Waals surface area contributed by atoms with E-state index in [1.807, 2.05) is 18.2 Å². The zero-order valence-electron chi connectivity index (χ0n) is 14.2. The summed E-state index contributed by atoms with van der Waals surface area (Å²) < 4.78 is 37.9. The van der Waals surface area contributed by atoms with Gasteiger partial charge in [-0.25, -0.2) is 19.9 Å². The van der Waals surface area contributed by atoms with Gasteiger partial charge in [0.05, 0.1) is 11.2 Å². The van der Waals surface area contributed by atoms with Crippen LogP contribution in [0.4, 0.5) is 19.1 Å². The fourth-order valence-electron chi connectivity index (χ4n) is 2.44. The molecule has 0 unspecified atom stereocenters. The Kier molecular flexibility index (Phi) is 4.58. The first-order chi connectivity index (χ1) is 12.3. The molecule has 0 saturated heterocycles. The molecule has 0 amide bonds. The van der Waals surface area contributed by atoms with E-state index in [-0.39, 0.29) is 5.95 Å². The molecule has 26 heavy (non-hydrogen) atoms. The molecular formula is C18H16F3N5. The normalized spacial score (nSPS) is 12.8. The number of alkyl halides is 3. The molecule has 0 aliphatic carbocycles. The van der Waals surface area contributed by atoms with Gasteiger partial charge in [-0.1, -0.05) is 12.6 Å². The maximum atomic E-state index is 12.6. The van der Waals surface area contributed by atoms with E-state index in [4.69, 9.17) is 0 Å². The summed E-state index contributed by atoms with van der Waals surface area (Å²) in [6, 6.07) is 3.88. The molecule has 3 aromatic rings. The van der Waals surface area contributed by atoms with E-state index in [9.17, 15) is 13.2 Å². The summed E-state index contributed by atoms with van der Waals surface area (Å²) in [7, 11) is 0. The van der Waals surface area contributed by atoms with Crippen molar-refractivity contribution in [1.29, 1.82) is 0 Å². The Labute approximate surface area is 148 Å². The standard InChI is InChI=1S/C18H16F3N5/c1-10(13-4-5-16-14(6-13)7-22-9-24-16)15-8-23-17(25-11(15)2)26-12(3)18(19,20)21/h4-9,12H,1H2,2-3H3,(H,23,25,26)/t12-/m1/s1. The van der Waals surface area contributed by atoms with Gasteiger partial charge in [-0.3, -0.25) is 0 Å². The summed E-state index contributed by atoms with van der Waals surface area (Å²) in [5.74, 6) is -0.0733. The monoisotopic (exact) mass is 359 g/mol. The second-order valence-corrected chi connectivity index (χ2v) is 5.88. The predicted octanol–water partition coefficient (Wildman–Crippen LogP) is 4.15. The molecule has 8 heteroatoms. The SMILES string of the molecule is C=C(c1ccc2ncncc2c1)c1cnc(N[C@H](C)C(F)(F)F)nc1C. The Balaban J connectivity index is 1.87. The van der Waals surface area contributed by atoms with E-state index in [0.717, 1.165) is 23.4 Å². The maximum absolute atomic E-state index is 12.6. The van der Waals surface area contributed by atoms with Gasteiger partial charge in [-0.2, -0.15) is 13.2 Å². The van der Waals surface area contributed by atoms with Crippen LogP contribution in [0.1, 0.15) is 23.7 Å². The summed E-state index contributed by atoms with van der Waals surface area (Å²) >= 11 is 0. The molecule has 0 aliphatic rings. The molecule has 0 saturated carbocycles. The van der Waals surface area contributed by atoms with Crippen molar-refractivity contribution < 1.29 is 13.2 Å². The molecule has 1 N–H and O–H groups in total. The van der Waals surface area contributed by atoms with Crippen molar-refractivity contribution in [3.63, 3.8) is 0 Å². The number of nitrogens with zero attached hydrogens (tertiary/aromatic N) is 4. The minimum absolute atomic E-state index is 0.0733. The predicted molar refractivity (Wildman–Crippen MR) is 93.6 cm³/mol. The third kappa shape index (κ3) is 3.63. The molecule has 0 spiro atoms. The highest BCUT2D eigenvalue weighted by Crippen LogP contribution is 2.27. The van der Waals surface area contributed by atoms with Crippen molar-refractivity contribution >= 4 is 22.4 Å². The fraction of sp³-hybridized carbons (Fsp3) is 0.222. The summed E-state index contributed by atoms with van der Waals surface area (Å²) in [6.07, 6.45) is 0.283. The van der Waals surface area contributed by atoms with Crippen LogP contribution in [-0.2, 0) is 0 Å². The maximum Gasteiger partial charge on any atom is 0.408 e. The van der Waals surface area contributed by atoms with Crippen molar-refractivity contribution in [2.24, 2.45) is 0 Å². The first-order valence-electron chi connectivity index (χ1n) is 7.82. The van der Waals surface area contributed by atoms with Gasteiger partial charge >= 0.3 is 6.18 Å². The third-order valence-electron chi connectivity index (χ3n) is 3.99. The molecule has 2 heterocycles. The summed E-state index contributed by atoms with van der Waals surface area (Å²) in [6.45, 7) is 6.79. The average Bonchev–Trinajstić information content (AvgIpc) is 2.60. The molecule has 2 aromatic heterocycles. The Morgan fingerprint density at radius 2 is 1.96 bits per heavy atom. The molecule has 1 aromatic carbocycles. The summed E-state index contributed by atoms with van der Waals surface area (Å²) in [4.78, 5) is 16.3. The van der Waals surface area contributed by atoms with Crippen LogP contribution in [0.15, 0.2) is 43.5 Å². The molecule has 0 fully saturated rings. The largest absolute Gasteiger partial charge is 0.408 e. The Morgan fingerprint density at radius 1 is 1.19 bits per heavy atom. The highest BCUT2D eigenvalue weighted by Gasteiger charge is 2.36. The quantitative estimate of drug-likeness (QED) is 0.758. The minimum Gasteiger partial charge on any atom is -0.343 e. The van der Waals surface area contributed by atoms with Crippen LogP contribution in [0.2, 0.25) is 0 Å². The second-order valence-electron chi connectivity index (χ2n) is 5.88. The van der Waals surface area contributed by atoms with E-state index >= 15 is 0 Å². The Morgan fingerprint density at radius 3 is 2.65 bits per heavy atom. The van der Waals surface area contributed by atoms with Gasteiger partial charge in [-0.05, 0) is 37.1 Å². The van der Waals surface area contributed by atoms with E-state index < -0.39 is 12.2 Å². The zero-order valence-corrected chi connectivity index (χ0v) is 14.2. The second kappa shape index (κ2) is 6.70. The van der Waals surface area contributed by atoms with E-state index in [2.05, 4.69) is 31.8 Å². The summed E-state index contributed by atoms with van der Waals surface area (Å²) in [5.41, 5.74) is 3.51. The number of hydrogen-bond donors (Lipinski definition) is 1. The van der Waals surface area contributed by atoms with Crippen molar-refractivity contribution in [3.05, 3.63) is 60.3 Å². The number of aromatic nitrogens is 4. The van der Waals surface area contributed by atoms with Gasteiger partial charge in [0.25, 0.3) is 0 Å². The van der Waals surface area contributed by atoms with Crippen molar-refractivity contribution in [2.45, 2.75) is 26.1 Å². The lowest BCUT2D eigenvalue weighted by molar-refractivity contribution is -0.138. The van der Waals surface area contributed by atoms with Gasteiger partial charge in [0, 0.05) is 23.3 Å². The Hall–Kier alpha value is -3.03. The first kappa shape index (κ1) is 17.8. The smallest absolute Gasteiger partial charge is 0.343 e. The van der Waals surface area contributed by atoms with Crippen LogP contribution in [0.5, 0.6) is 0 Å². The number of fused-ring (bicyclic) bond motifs is 1. The van der Waals surface area contributed by atoms with Gasteiger partial charge in [0.2, 0.25) is 5.95 Å². The van der Waals surface area contributed by atoms with Crippen LogP contribution in [0.25, 0.3) is 16.5 Å². The highest BCUT2D eigenvalue weighted by atomic mass is 19.4. The molecule has 134 valence electrons.